The van der Waals surface area contributed by atoms with Crippen molar-refractivity contribution in [1.82, 2.24) is 20.2 Å². The molecule has 1 aromatic carbocycles. The van der Waals surface area contributed by atoms with Gasteiger partial charge in [-0.15, -0.1) is 11.8 Å². The molecular formula is C19H25FN6O3S. The lowest BCUT2D eigenvalue weighted by Crippen LogP contribution is -2.50. The van der Waals surface area contributed by atoms with E-state index in [9.17, 15) is 9.18 Å². The quantitative estimate of drug-likeness (QED) is 0.712. The number of carbonyl (C=O) groups excluding carboxylic acids is 1. The van der Waals surface area contributed by atoms with E-state index < -0.39 is 5.82 Å². The van der Waals surface area contributed by atoms with Crippen LogP contribution in [0, 0.1) is 5.82 Å². The minimum absolute atomic E-state index is 0.0251. The van der Waals surface area contributed by atoms with Crippen molar-refractivity contribution < 1.29 is 18.7 Å². The van der Waals surface area contributed by atoms with Crippen LogP contribution in [-0.2, 0) is 4.79 Å². The monoisotopic (exact) mass is 436 g/mol. The number of fused-ring (bicyclic) bond motifs is 1. The third-order valence-corrected chi connectivity index (χ3v) is 6.54. The molecule has 4 rings (SSSR count). The lowest BCUT2D eigenvalue weighted by Gasteiger charge is -2.35. The van der Waals surface area contributed by atoms with Crippen LogP contribution in [0.15, 0.2) is 6.07 Å². The topological polar surface area (TPSA) is 106 Å². The zero-order chi connectivity index (χ0) is 21.3. The lowest BCUT2D eigenvalue weighted by molar-refractivity contribution is -0.131. The van der Waals surface area contributed by atoms with Crippen LogP contribution in [0.2, 0.25) is 0 Å². The van der Waals surface area contributed by atoms with Gasteiger partial charge in [-0.3, -0.25) is 4.79 Å². The number of rotatable bonds is 5. The molecule has 0 spiro atoms. The van der Waals surface area contributed by atoms with Gasteiger partial charge in [0.1, 0.15) is 11.3 Å². The largest absolute Gasteiger partial charge is 0.493 e. The van der Waals surface area contributed by atoms with Crippen LogP contribution < -0.4 is 25.4 Å². The van der Waals surface area contributed by atoms with Crippen molar-refractivity contribution in [2.75, 3.05) is 63.3 Å². The number of nitrogens with zero attached hydrogens (tertiary/aromatic N) is 4. The fraction of sp³-hybridized carbons (Fsp3) is 0.526. The minimum atomic E-state index is -0.641. The minimum Gasteiger partial charge on any atom is -0.493 e. The normalized spacial score (nSPS) is 19.4. The zero-order valence-corrected chi connectivity index (χ0v) is 17.8. The predicted molar refractivity (Wildman–Crippen MR) is 115 cm³/mol. The van der Waals surface area contributed by atoms with E-state index in [1.165, 1.54) is 14.2 Å². The van der Waals surface area contributed by atoms with Crippen molar-refractivity contribution >= 4 is 40.3 Å². The first-order chi connectivity index (χ1) is 14.5. The Morgan fingerprint density at radius 3 is 2.70 bits per heavy atom. The maximum absolute atomic E-state index is 15.0. The highest BCUT2D eigenvalue weighted by atomic mass is 32.2. The molecule has 1 aromatic heterocycles. The van der Waals surface area contributed by atoms with E-state index in [0.717, 1.165) is 12.3 Å². The van der Waals surface area contributed by atoms with Crippen LogP contribution in [-0.4, -0.2) is 78.8 Å². The molecule has 0 radical (unpaired) electrons. The molecule has 3 heterocycles. The van der Waals surface area contributed by atoms with E-state index in [1.54, 1.807) is 17.8 Å². The molecule has 2 aromatic rings. The highest BCUT2D eigenvalue weighted by molar-refractivity contribution is 8.00. The number of hydrogen-bond acceptors (Lipinski definition) is 9. The fourth-order valence-electron chi connectivity index (χ4n) is 3.73. The Kier molecular flexibility index (Phi) is 6.00. The molecule has 0 saturated carbocycles. The van der Waals surface area contributed by atoms with Crippen molar-refractivity contribution in [2.24, 2.45) is 0 Å². The first-order valence-electron chi connectivity index (χ1n) is 9.77. The zero-order valence-electron chi connectivity index (χ0n) is 17.0. The molecule has 1 amide bonds. The molecule has 2 aliphatic rings. The number of amides is 1. The Morgan fingerprint density at radius 1 is 1.30 bits per heavy atom. The van der Waals surface area contributed by atoms with Crippen LogP contribution in [0.3, 0.4) is 0 Å². The molecule has 2 saturated heterocycles. The average Bonchev–Trinajstić information content (AvgIpc) is 3.27. The second kappa shape index (κ2) is 8.68. The van der Waals surface area contributed by atoms with Crippen LogP contribution in [0.1, 0.15) is 6.42 Å². The predicted octanol–water partition coefficient (Wildman–Crippen LogP) is 1.07. The van der Waals surface area contributed by atoms with Crippen molar-refractivity contribution in [2.45, 2.75) is 11.8 Å². The van der Waals surface area contributed by atoms with Gasteiger partial charge in [0, 0.05) is 43.9 Å². The number of methoxy groups -OCH3 is 2. The molecule has 9 nitrogen and oxygen atoms in total. The van der Waals surface area contributed by atoms with Crippen LogP contribution in [0.5, 0.6) is 11.5 Å². The Balaban J connectivity index is 1.51. The second-order valence-corrected chi connectivity index (χ2v) is 8.43. The van der Waals surface area contributed by atoms with E-state index in [2.05, 4.69) is 15.3 Å². The van der Waals surface area contributed by atoms with E-state index in [0.29, 0.717) is 43.9 Å². The summed E-state index contributed by atoms with van der Waals surface area (Å²) in [7, 11) is 2.80. The maximum atomic E-state index is 15.0. The number of nitrogen functional groups attached to an aromatic ring is 1. The van der Waals surface area contributed by atoms with Crippen LogP contribution in [0.4, 0.5) is 16.2 Å². The number of aromatic nitrogens is 2. The molecular weight excluding hydrogens is 411 g/mol. The fourth-order valence-corrected chi connectivity index (χ4v) is 4.75. The number of hydrogen-bond donors (Lipinski definition) is 2. The molecule has 3 N–H and O–H groups in total. The summed E-state index contributed by atoms with van der Waals surface area (Å²) in [6.07, 6.45) is 0.497. The SMILES string of the molecule is COc1cc2c(N)nc(N3CCN(C(=O)CC4NCCS4)CC3)nc2c(F)c1OC. The summed E-state index contributed by atoms with van der Waals surface area (Å²) in [4.78, 5) is 25.1. The summed E-state index contributed by atoms with van der Waals surface area (Å²) < 4.78 is 25.3. The summed E-state index contributed by atoms with van der Waals surface area (Å²) in [6, 6.07) is 1.57. The number of nitrogens with two attached hydrogens (primary N) is 1. The summed E-state index contributed by atoms with van der Waals surface area (Å²) in [5, 5.41) is 3.89. The van der Waals surface area contributed by atoms with Gasteiger partial charge in [0.25, 0.3) is 0 Å². The maximum Gasteiger partial charge on any atom is 0.228 e. The third-order valence-electron chi connectivity index (χ3n) is 5.36. The standard InChI is InChI=1S/C19H25FN6O3S/c1-28-12-9-11-16(15(20)17(12)29-2)23-19(24-18(11)21)26-6-4-25(5-7-26)14(27)10-13-22-3-8-30-13/h9,13,22H,3-8,10H2,1-2H3,(H2,21,23,24). The number of ether oxygens (including phenoxy) is 2. The first kappa shape index (κ1) is 20.7. The molecule has 11 heteroatoms. The van der Waals surface area contributed by atoms with E-state index in [4.69, 9.17) is 15.2 Å². The number of benzene rings is 1. The Bertz CT molecular complexity index is 948. The van der Waals surface area contributed by atoms with Gasteiger partial charge < -0.3 is 30.3 Å². The van der Waals surface area contributed by atoms with Gasteiger partial charge >= 0.3 is 0 Å². The second-order valence-electron chi connectivity index (χ2n) is 7.12. The number of halogens is 1. The van der Waals surface area contributed by atoms with Gasteiger partial charge in [-0.05, 0) is 6.07 Å². The van der Waals surface area contributed by atoms with Gasteiger partial charge in [0.05, 0.1) is 26.0 Å². The number of carbonyl (C=O) groups is 1. The Hall–Kier alpha value is -2.53. The Morgan fingerprint density at radius 2 is 2.07 bits per heavy atom. The van der Waals surface area contributed by atoms with Crippen LogP contribution in [0.25, 0.3) is 10.9 Å². The molecule has 30 heavy (non-hydrogen) atoms. The molecule has 2 aliphatic heterocycles. The van der Waals surface area contributed by atoms with E-state index in [-0.39, 0.29) is 34.1 Å². The molecule has 0 aliphatic carbocycles. The summed E-state index contributed by atoms with van der Waals surface area (Å²) in [5.41, 5.74) is 6.18. The van der Waals surface area contributed by atoms with Crippen molar-refractivity contribution in [3.63, 3.8) is 0 Å². The lowest BCUT2D eigenvalue weighted by atomic mass is 10.2. The Labute approximate surface area is 178 Å². The number of piperazine rings is 1. The number of anilines is 2. The summed E-state index contributed by atoms with van der Waals surface area (Å²) in [6.45, 7) is 3.18. The van der Waals surface area contributed by atoms with E-state index in [1.807, 2.05) is 9.80 Å². The molecule has 1 atom stereocenters. The van der Waals surface area contributed by atoms with Gasteiger partial charge in [0.15, 0.2) is 17.3 Å². The molecule has 1 unspecified atom stereocenters. The number of thioether (sulfide) groups is 1. The van der Waals surface area contributed by atoms with Gasteiger partial charge in [-0.25, -0.2) is 9.37 Å². The first-order valence-corrected chi connectivity index (χ1v) is 10.8. The van der Waals surface area contributed by atoms with Gasteiger partial charge in [-0.1, -0.05) is 0 Å². The summed E-state index contributed by atoms with van der Waals surface area (Å²) in [5.74, 6) is 1.25. The van der Waals surface area contributed by atoms with Crippen molar-refractivity contribution in [1.29, 1.82) is 0 Å². The van der Waals surface area contributed by atoms with Crippen LogP contribution >= 0.6 is 11.8 Å². The molecule has 0 bridgehead atoms. The van der Waals surface area contributed by atoms with E-state index >= 15 is 0 Å². The molecule has 162 valence electrons. The van der Waals surface area contributed by atoms with Gasteiger partial charge in [-0.2, -0.15) is 4.98 Å². The van der Waals surface area contributed by atoms with Crippen molar-refractivity contribution in [3.05, 3.63) is 11.9 Å². The highest BCUT2D eigenvalue weighted by Gasteiger charge is 2.27. The smallest absolute Gasteiger partial charge is 0.228 e. The average molecular weight is 437 g/mol. The third kappa shape index (κ3) is 3.91. The van der Waals surface area contributed by atoms with Crippen molar-refractivity contribution in [3.8, 4) is 11.5 Å². The van der Waals surface area contributed by atoms with Gasteiger partial charge in [0.2, 0.25) is 11.9 Å². The summed E-state index contributed by atoms with van der Waals surface area (Å²) >= 11 is 1.78. The number of nitrogens with one attached hydrogen (secondary N) is 1. The molecule has 2 fully saturated rings. The highest BCUT2D eigenvalue weighted by Crippen LogP contribution is 2.37.